The van der Waals surface area contributed by atoms with E-state index in [0.717, 1.165) is 71.2 Å². The molecule has 2 bridgehead atoms. The fourth-order valence-electron chi connectivity index (χ4n) is 7.03. The summed E-state index contributed by atoms with van der Waals surface area (Å²) in [5.41, 5.74) is 0. The van der Waals surface area contributed by atoms with Crippen LogP contribution in [0.4, 0.5) is 0 Å². The lowest BCUT2D eigenvalue weighted by atomic mass is 9.81. The second kappa shape index (κ2) is 14.8. The van der Waals surface area contributed by atoms with Gasteiger partial charge in [-0.1, -0.05) is 18.2 Å². The average Bonchev–Trinajstić information content (AvgIpc) is 3.50. The Hall–Kier alpha value is -3.18. The third kappa shape index (κ3) is 8.01. The fourth-order valence-corrected chi connectivity index (χ4v) is 7.03. The van der Waals surface area contributed by atoms with Gasteiger partial charge >= 0.3 is 0 Å². The van der Waals surface area contributed by atoms with Crippen molar-refractivity contribution in [3.8, 4) is 5.75 Å². The van der Waals surface area contributed by atoms with Gasteiger partial charge in [0.05, 0.1) is 12.6 Å². The minimum Gasteiger partial charge on any atom is -0.484 e. The maximum atomic E-state index is 13.9. The minimum absolute atomic E-state index is 0.0389. The molecule has 0 aliphatic carbocycles. The molecule has 0 unspecified atom stereocenters. The van der Waals surface area contributed by atoms with Crippen LogP contribution in [-0.4, -0.2) is 116 Å². The van der Waals surface area contributed by atoms with Crippen molar-refractivity contribution in [3.05, 3.63) is 30.3 Å². The fraction of sp³-hybridized carbons (Fsp3) is 0.677. The Morgan fingerprint density at radius 1 is 0.952 bits per heavy atom. The van der Waals surface area contributed by atoms with Crippen molar-refractivity contribution in [3.63, 3.8) is 0 Å². The Morgan fingerprint density at radius 2 is 1.74 bits per heavy atom. The van der Waals surface area contributed by atoms with Crippen LogP contribution in [0.25, 0.3) is 0 Å². The highest BCUT2D eigenvalue weighted by molar-refractivity contribution is 5.88. The molecular weight excluding hydrogens is 536 g/mol. The molecule has 42 heavy (non-hydrogen) atoms. The number of carbonyl (C=O) groups excluding carboxylic acids is 4. The number of nitrogens with one attached hydrogen (secondary N) is 3. The number of hydrogen-bond acceptors (Lipinski definition) is 7. The lowest BCUT2D eigenvalue weighted by Gasteiger charge is -2.40. The number of benzene rings is 1. The molecule has 11 nitrogen and oxygen atoms in total. The van der Waals surface area contributed by atoms with Crippen molar-refractivity contribution in [2.45, 2.75) is 57.0 Å². The zero-order valence-corrected chi connectivity index (χ0v) is 24.6. The number of fused-ring (bicyclic) bond motifs is 9. The largest absolute Gasteiger partial charge is 0.484 e. The highest BCUT2D eigenvalue weighted by atomic mass is 16.5. The number of nitrogens with zero attached hydrogens (tertiary/aromatic N) is 3. The molecule has 5 aliphatic rings. The Balaban J connectivity index is 1.24. The molecule has 5 fully saturated rings. The van der Waals surface area contributed by atoms with Crippen molar-refractivity contribution in [2.24, 2.45) is 11.8 Å². The molecule has 0 aromatic heterocycles. The van der Waals surface area contributed by atoms with Crippen LogP contribution in [0.1, 0.15) is 44.9 Å². The van der Waals surface area contributed by atoms with Crippen LogP contribution in [0.15, 0.2) is 30.3 Å². The molecule has 11 heteroatoms. The van der Waals surface area contributed by atoms with Gasteiger partial charge in [-0.2, -0.15) is 0 Å². The van der Waals surface area contributed by atoms with Crippen LogP contribution >= 0.6 is 0 Å². The first-order valence-corrected chi connectivity index (χ1v) is 15.7. The highest BCUT2D eigenvalue weighted by Crippen LogP contribution is 2.30. The molecule has 6 rings (SSSR count). The molecule has 0 saturated carbocycles. The van der Waals surface area contributed by atoms with Gasteiger partial charge in [0, 0.05) is 45.2 Å². The molecule has 1 aromatic carbocycles. The first-order chi connectivity index (χ1) is 20.5. The number of hydrogen-bond donors (Lipinski definition) is 3. The van der Waals surface area contributed by atoms with Gasteiger partial charge in [0.1, 0.15) is 5.75 Å². The summed E-state index contributed by atoms with van der Waals surface area (Å²) in [7, 11) is 0. The minimum atomic E-state index is -0.285. The molecule has 0 radical (unpaired) electrons. The number of amides is 4. The molecule has 230 valence electrons. The predicted molar refractivity (Wildman–Crippen MR) is 158 cm³/mol. The molecule has 5 saturated heterocycles. The number of piperidine rings is 2. The summed E-state index contributed by atoms with van der Waals surface area (Å²) in [4.78, 5) is 58.6. The van der Waals surface area contributed by atoms with E-state index >= 15 is 0 Å². The van der Waals surface area contributed by atoms with Crippen molar-refractivity contribution in [1.82, 2.24) is 30.7 Å². The average molecular weight is 583 g/mol. The standard InChI is InChI=1S/C31H46N6O5/c38-28-21-36(18-14-34-29(39)22-42-26-5-2-1-3-6-26)31(41)27-7-4-15-37(27)25-10-16-35(17-11-25)30(40)19-23-8-12-32-20-24(23)9-13-33-28/h1-3,5-6,23-25,27,32H,4,7-22H2,(H,33,38)(H,34,39)/t23-,24-,27-/m0/s1. The maximum absolute atomic E-state index is 13.9. The van der Waals surface area contributed by atoms with Gasteiger partial charge in [-0.3, -0.25) is 24.1 Å². The Kier molecular flexibility index (Phi) is 10.7. The molecule has 3 atom stereocenters. The van der Waals surface area contributed by atoms with Crippen LogP contribution < -0.4 is 20.7 Å². The van der Waals surface area contributed by atoms with Gasteiger partial charge in [-0.25, -0.2) is 0 Å². The lowest BCUT2D eigenvalue weighted by molar-refractivity contribution is -0.141. The summed E-state index contributed by atoms with van der Waals surface area (Å²) < 4.78 is 5.53. The van der Waals surface area contributed by atoms with Gasteiger partial charge in [-0.15, -0.1) is 0 Å². The van der Waals surface area contributed by atoms with Crippen LogP contribution in [0.2, 0.25) is 0 Å². The van der Waals surface area contributed by atoms with Crippen LogP contribution in [0.5, 0.6) is 5.75 Å². The maximum Gasteiger partial charge on any atom is 0.258 e. The second-order valence-electron chi connectivity index (χ2n) is 12.1. The summed E-state index contributed by atoms with van der Waals surface area (Å²) >= 11 is 0. The molecule has 1 aromatic rings. The summed E-state index contributed by atoms with van der Waals surface area (Å²) in [5.74, 6) is 0.975. The molecule has 0 spiro atoms. The van der Waals surface area contributed by atoms with Crippen molar-refractivity contribution in [2.75, 3.05) is 65.5 Å². The van der Waals surface area contributed by atoms with Gasteiger partial charge < -0.3 is 30.5 Å². The van der Waals surface area contributed by atoms with E-state index in [1.54, 1.807) is 17.0 Å². The summed E-state index contributed by atoms with van der Waals surface area (Å²) in [6.45, 7) is 4.92. The Bertz CT molecular complexity index is 1080. The van der Waals surface area contributed by atoms with E-state index < -0.39 is 0 Å². The highest BCUT2D eigenvalue weighted by Gasteiger charge is 2.40. The Labute approximate surface area is 248 Å². The summed E-state index contributed by atoms with van der Waals surface area (Å²) in [6, 6.07) is 9.10. The molecule has 5 heterocycles. The molecule has 5 aliphatic heterocycles. The topological polar surface area (TPSA) is 123 Å². The molecule has 4 amide bonds. The number of carbonyl (C=O) groups is 4. The van der Waals surface area contributed by atoms with E-state index in [-0.39, 0.29) is 62.0 Å². The van der Waals surface area contributed by atoms with Crippen molar-refractivity contribution in [1.29, 1.82) is 0 Å². The monoisotopic (exact) mass is 582 g/mol. The van der Waals surface area contributed by atoms with Crippen molar-refractivity contribution >= 4 is 23.6 Å². The van der Waals surface area contributed by atoms with E-state index in [0.29, 0.717) is 30.6 Å². The number of rotatable bonds is 6. The molecular formula is C31H46N6O5. The number of ether oxygens (including phenoxy) is 1. The van der Waals surface area contributed by atoms with E-state index in [4.69, 9.17) is 4.74 Å². The summed E-state index contributed by atoms with van der Waals surface area (Å²) in [6.07, 6.45) is 5.75. The number of para-hydroxylation sites is 1. The lowest BCUT2D eigenvalue weighted by Crippen LogP contribution is -2.55. The zero-order chi connectivity index (χ0) is 29.3. The SMILES string of the molecule is O=C(COc1ccccc1)NCCN1CC(=O)NCC[C@H]2CNCC[C@H]2CC(=O)N2CCC(CC2)N2CCC[C@H]2C1=O. The van der Waals surface area contributed by atoms with E-state index in [1.165, 1.54) is 0 Å². The van der Waals surface area contributed by atoms with Gasteiger partial charge in [0.15, 0.2) is 6.61 Å². The van der Waals surface area contributed by atoms with E-state index in [9.17, 15) is 19.2 Å². The first-order valence-electron chi connectivity index (χ1n) is 15.7. The van der Waals surface area contributed by atoms with Gasteiger partial charge in [-0.05, 0) is 82.1 Å². The van der Waals surface area contributed by atoms with Crippen LogP contribution in [0.3, 0.4) is 0 Å². The van der Waals surface area contributed by atoms with Gasteiger partial charge in [0.2, 0.25) is 17.7 Å². The second-order valence-corrected chi connectivity index (χ2v) is 12.1. The van der Waals surface area contributed by atoms with Crippen LogP contribution in [-0.2, 0) is 19.2 Å². The normalized spacial score (nSPS) is 28.0. The smallest absolute Gasteiger partial charge is 0.258 e. The summed E-state index contributed by atoms with van der Waals surface area (Å²) in [5, 5.41) is 9.31. The van der Waals surface area contributed by atoms with Crippen LogP contribution in [0, 0.1) is 11.8 Å². The Morgan fingerprint density at radius 3 is 2.55 bits per heavy atom. The third-order valence-corrected chi connectivity index (χ3v) is 9.37. The quantitative estimate of drug-likeness (QED) is 0.449. The van der Waals surface area contributed by atoms with Crippen molar-refractivity contribution < 1.29 is 23.9 Å². The van der Waals surface area contributed by atoms with E-state index in [1.807, 2.05) is 23.1 Å². The predicted octanol–water partition coefficient (Wildman–Crippen LogP) is 0.601. The first kappa shape index (κ1) is 30.3. The molecule has 3 N–H and O–H groups in total. The third-order valence-electron chi connectivity index (χ3n) is 9.37. The van der Waals surface area contributed by atoms with E-state index in [2.05, 4.69) is 20.9 Å². The van der Waals surface area contributed by atoms with Gasteiger partial charge in [0.25, 0.3) is 5.91 Å². The zero-order valence-electron chi connectivity index (χ0n) is 24.6.